The van der Waals surface area contributed by atoms with E-state index in [1.54, 1.807) is 21.9 Å². The number of hydrogen-bond donors (Lipinski definition) is 1. The fourth-order valence-electron chi connectivity index (χ4n) is 3.58. The summed E-state index contributed by atoms with van der Waals surface area (Å²) >= 11 is 6.09. The third kappa shape index (κ3) is 4.33. The molecule has 0 aliphatic carbocycles. The van der Waals surface area contributed by atoms with Crippen molar-refractivity contribution in [3.05, 3.63) is 82.8 Å². The molecule has 0 bridgehead atoms. The number of halogens is 1. The Kier molecular flexibility index (Phi) is 5.77. The standard InChI is InChI=1S/C23H22ClN3O3/c1-16-8-9-20(19(13-16)25-22(28)21-7-3-12-30-21)27-11-4-10-26(23(27)29)15-17-5-2-6-18(24)14-17/h2-3,5-9,12-14H,4,10-11,15H2,1H3,(H,25,28). The Labute approximate surface area is 180 Å². The topological polar surface area (TPSA) is 65.8 Å². The molecule has 0 atom stereocenters. The molecule has 1 aliphatic rings. The minimum absolute atomic E-state index is 0.0985. The molecule has 7 heteroatoms. The molecular formula is C23H22ClN3O3. The van der Waals surface area contributed by atoms with E-state index >= 15 is 0 Å². The molecule has 1 saturated heterocycles. The highest BCUT2D eigenvalue weighted by atomic mass is 35.5. The zero-order valence-corrected chi connectivity index (χ0v) is 17.4. The van der Waals surface area contributed by atoms with Gasteiger partial charge in [0.15, 0.2) is 5.76 Å². The zero-order chi connectivity index (χ0) is 21.1. The number of carbonyl (C=O) groups excluding carboxylic acids is 2. The number of aryl methyl sites for hydroxylation is 1. The van der Waals surface area contributed by atoms with Crippen LogP contribution in [0.1, 0.15) is 28.1 Å². The van der Waals surface area contributed by atoms with Gasteiger partial charge in [-0.3, -0.25) is 9.69 Å². The molecule has 1 fully saturated rings. The van der Waals surface area contributed by atoms with Crippen LogP contribution in [0.3, 0.4) is 0 Å². The van der Waals surface area contributed by atoms with Crippen LogP contribution in [0, 0.1) is 6.92 Å². The van der Waals surface area contributed by atoms with Gasteiger partial charge in [0.2, 0.25) is 0 Å². The maximum Gasteiger partial charge on any atom is 0.324 e. The average molecular weight is 424 g/mol. The van der Waals surface area contributed by atoms with E-state index in [0.29, 0.717) is 36.0 Å². The molecule has 0 radical (unpaired) electrons. The van der Waals surface area contributed by atoms with E-state index in [-0.39, 0.29) is 17.7 Å². The van der Waals surface area contributed by atoms with Crippen molar-refractivity contribution in [1.29, 1.82) is 0 Å². The number of furan rings is 1. The second-order valence-electron chi connectivity index (χ2n) is 7.29. The van der Waals surface area contributed by atoms with Crippen molar-refractivity contribution in [2.75, 3.05) is 23.3 Å². The lowest BCUT2D eigenvalue weighted by Crippen LogP contribution is -2.49. The van der Waals surface area contributed by atoms with Gasteiger partial charge in [-0.15, -0.1) is 0 Å². The van der Waals surface area contributed by atoms with Crippen molar-refractivity contribution in [3.63, 3.8) is 0 Å². The highest BCUT2D eigenvalue weighted by Gasteiger charge is 2.29. The smallest absolute Gasteiger partial charge is 0.324 e. The summed E-state index contributed by atoms with van der Waals surface area (Å²) in [4.78, 5) is 29.3. The van der Waals surface area contributed by atoms with E-state index < -0.39 is 0 Å². The Morgan fingerprint density at radius 1 is 1.13 bits per heavy atom. The van der Waals surface area contributed by atoms with Crippen LogP contribution in [0.5, 0.6) is 0 Å². The molecule has 154 valence electrons. The quantitative estimate of drug-likeness (QED) is 0.603. The van der Waals surface area contributed by atoms with Gasteiger partial charge in [0, 0.05) is 24.7 Å². The Bertz CT molecular complexity index is 1070. The van der Waals surface area contributed by atoms with Crippen LogP contribution in [0.4, 0.5) is 16.2 Å². The van der Waals surface area contributed by atoms with Crippen LogP contribution in [0.15, 0.2) is 65.3 Å². The number of nitrogens with zero attached hydrogens (tertiary/aromatic N) is 2. The van der Waals surface area contributed by atoms with Crippen LogP contribution >= 0.6 is 11.6 Å². The van der Waals surface area contributed by atoms with Crippen molar-refractivity contribution in [2.24, 2.45) is 0 Å². The number of carbonyl (C=O) groups is 2. The van der Waals surface area contributed by atoms with Crippen LogP contribution in [-0.4, -0.2) is 29.9 Å². The Balaban J connectivity index is 1.58. The van der Waals surface area contributed by atoms with Gasteiger partial charge in [-0.25, -0.2) is 4.79 Å². The zero-order valence-electron chi connectivity index (χ0n) is 16.6. The summed E-state index contributed by atoms with van der Waals surface area (Å²) in [6.45, 7) is 3.67. The number of benzene rings is 2. The van der Waals surface area contributed by atoms with Crippen LogP contribution in [0.25, 0.3) is 0 Å². The maximum absolute atomic E-state index is 13.3. The van der Waals surface area contributed by atoms with E-state index in [4.69, 9.17) is 16.0 Å². The second-order valence-corrected chi connectivity index (χ2v) is 7.73. The molecular weight excluding hydrogens is 402 g/mol. The minimum atomic E-state index is -0.355. The van der Waals surface area contributed by atoms with Gasteiger partial charge >= 0.3 is 6.03 Å². The van der Waals surface area contributed by atoms with Gasteiger partial charge in [0.1, 0.15) is 0 Å². The van der Waals surface area contributed by atoms with Crippen LogP contribution in [-0.2, 0) is 6.54 Å². The predicted octanol–water partition coefficient (Wildman–Crippen LogP) is 5.33. The lowest BCUT2D eigenvalue weighted by Gasteiger charge is -2.36. The number of urea groups is 1. The van der Waals surface area contributed by atoms with Crippen molar-refractivity contribution < 1.29 is 14.0 Å². The third-order valence-corrected chi connectivity index (χ3v) is 5.24. The number of nitrogens with one attached hydrogen (secondary N) is 1. The largest absolute Gasteiger partial charge is 0.459 e. The molecule has 1 N–H and O–H groups in total. The van der Waals surface area contributed by atoms with Crippen molar-refractivity contribution in [3.8, 4) is 0 Å². The summed E-state index contributed by atoms with van der Waals surface area (Å²) in [6.07, 6.45) is 2.28. The summed E-state index contributed by atoms with van der Waals surface area (Å²) in [6, 6.07) is 16.3. The first kappa shape index (κ1) is 20.0. The molecule has 30 heavy (non-hydrogen) atoms. The van der Waals surface area contributed by atoms with Gasteiger partial charge < -0.3 is 14.6 Å². The van der Waals surface area contributed by atoms with E-state index in [9.17, 15) is 9.59 Å². The summed E-state index contributed by atoms with van der Waals surface area (Å²) in [5, 5.41) is 3.53. The normalized spacial score (nSPS) is 14.1. The summed E-state index contributed by atoms with van der Waals surface area (Å²) in [7, 11) is 0. The van der Waals surface area contributed by atoms with E-state index in [1.165, 1.54) is 6.26 Å². The molecule has 2 aromatic carbocycles. The first-order valence-corrected chi connectivity index (χ1v) is 10.2. The van der Waals surface area contributed by atoms with Gasteiger partial charge in [0.25, 0.3) is 5.91 Å². The molecule has 6 nitrogen and oxygen atoms in total. The third-order valence-electron chi connectivity index (χ3n) is 5.01. The van der Waals surface area contributed by atoms with Gasteiger partial charge in [-0.1, -0.05) is 29.8 Å². The molecule has 1 aromatic heterocycles. The highest BCUT2D eigenvalue weighted by Crippen LogP contribution is 2.31. The monoisotopic (exact) mass is 423 g/mol. The fourth-order valence-corrected chi connectivity index (χ4v) is 3.80. The Morgan fingerprint density at radius 2 is 2.00 bits per heavy atom. The number of amides is 3. The summed E-state index contributed by atoms with van der Waals surface area (Å²) in [5.74, 6) is -0.137. The van der Waals surface area contributed by atoms with E-state index in [0.717, 1.165) is 17.5 Å². The number of hydrogen-bond acceptors (Lipinski definition) is 3. The molecule has 4 rings (SSSR count). The van der Waals surface area contributed by atoms with Crippen molar-refractivity contribution in [2.45, 2.75) is 19.9 Å². The first-order valence-electron chi connectivity index (χ1n) is 9.77. The molecule has 3 amide bonds. The molecule has 2 heterocycles. The predicted molar refractivity (Wildman–Crippen MR) is 117 cm³/mol. The van der Waals surface area contributed by atoms with E-state index in [2.05, 4.69) is 5.32 Å². The number of rotatable bonds is 5. The molecule has 0 saturated carbocycles. The molecule has 3 aromatic rings. The lowest BCUT2D eigenvalue weighted by atomic mass is 10.1. The minimum Gasteiger partial charge on any atom is -0.459 e. The summed E-state index contributed by atoms with van der Waals surface area (Å²) < 4.78 is 5.19. The average Bonchev–Trinajstić information content (AvgIpc) is 3.25. The second kappa shape index (κ2) is 8.63. The molecule has 1 aliphatic heterocycles. The van der Waals surface area contributed by atoms with Gasteiger partial charge in [0.05, 0.1) is 17.6 Å². The Hall–Kier alpha value is -3.25. The lowest BCUT2D eigenvalue weighted by molar-refractivity contribution is 0.0996. The summed E-state index contributed by atoms with van der Waals surface area (Å²) in [5.41, 5.74) is 3.21. The fraction of sp³-hybridized carbons (Fsp3) is 0.217. The number of anilines is 2. The van der Waals surface area contributed by atoms with Gasteiger partial charge in [-0.2, -0.15) is 0 Å². The SMILES string of the molecule is Cc1ccc(N2CCCN(Cc3cccc(Cl)c3)C2=O)c(NC(=O)c2ccco2)c1. The van der Waals surface area contributed by atoms with Crippen LogP contribution < -0.4 is 10.2 Å². The Morgan fingerprint density at radius 3 is 2.77 bits per heavy atom. The highest BCUT2D eigenvalue weighted by molar-refractivity contribution is 6.30. The van der Waals surface area contributed by atoms with E-state index in [1.807, 2.05) is 49.4 Å². The molecule has 0 unspecified atom stereocenters. The molecule has 0 spiro atoms. The van der Waals surface area contributed by atoms with Gasteiger partial charge in [-0.05, 0) is 60.9 Å². The maximum atomic E-state index is 13.3. The van der Waals surface area contributed by atoms with Crippen molar-refractivity contribution in [1.82, 2.24) is 4.90 Å². The van der Waals surface area contributed by atoms with Crippen LogP contribution in [0.2, 0.25) is 5.02 Å². The first-order chi connectivity index (χ1) is 14.5. The van der Waals surface area contributed by atoms with Crippen molar-refractivity contribution >= 4 is 34.9 Å².